The SMILES string of the molecule is [2H]c1c2c(c([2H])c3c1C(C)(C)C(C)(C)C3(C)C)N(c1[c-]cc3oc4ccccc4c3c1)[CH-]N2C.[Ir]. The first-order valence-corrected chi connectivity index (χ1v) is 11.3. The maximum absolute atomic E-state index is 9.44. The van der Waals surface area contributed by atoms with Crippen LogP contribution in [0.2, 0.25) is 0 Å². The molecule has 6 rings (SSSR count). The maximum atomic E-state index is 9.44. The molecule has 4 aromatic rings. The topological polar surface area (TPSA) is 19.6 Å². The molecule has 0 unspecified atom stereocenters. The van der Waals surface area contributed by atoms with E-state index in [0.29, 0.717) is 12.1 Å². The Kier molecular flexibility index (Phi) is 4.19. The van der Waals surface area contributed by atoms with E-state index in [1.807, 2.05) is 47.8 Å². The summed E-state index contributed by atoms with van der Waals surface area (Å²) >= 11 is 0. The molecule has 3 aromatic carbocycles. The first-order chi connectivity index (χ1) is 15.9. The number of furan rings is 1. The van der Waals surface area contributed by atoms with Crippen LogP contribution in [0, 0.1) is 18.2 Å². The molecule has 1 aliphatic heterocycles. The second kappa shape index (κ2) is 6.87. The van der Waals surface area contributed by atoms with Gasteiger partial charge in [0.05, 0.1) is 2.74 Å². The van der Waals surface area contributed by atoms with Crippen LogP contribution >= 0.6 is 0 Å². The zero-order valence-corrected chi connectivity index (χ0v) is 22.6. The van der Waals surface area contributed by atoms with Gasteiger partial charge < -0.3 is 14.2 Å². The van der Waals surface area contributed by atoms with Gasteiger partial charge in [-0.3, -0.25) is 0 Å². The molecular weight excluding hydrogens is 585 g/mol. The van der Waals surface area contributed by atoms with Crippen molar-refractivity contribution in [1.29, 1.82) is 0 Å². The Bertz CT molecular complexity index is 1520. The van der Waals surface area contributed by atoms with Gasteiger partial charge in [-0.15, -0.1) is 17.8 Å². The van der Waals surface area contributed by atoms with Crippen LogP contribution in [-0.4, -0.2) is 7.05 Å². The molecule has 0 spiro atoms. The van der Waals surface area contributed by atoms with Crippen LogP contribution in [0.1, 0.15) is 55.4 Å². The molecule has 0 bridgehead atoms. The summed E-state index contributed by atoms with van der Waals surface area (Å²) in [4.78, 5) is 4.00. The van der Waals surface area contributed by atoms with E-state index in [1.54, 1.807) is 0 Å². The molecule has 0 N–H and O–H groups in total. The molecule has 0 amide bonds. The number of anilines is 3. The van der Waals surface area contributed by atoms with Gasteiger partial charge in [0.2, 0.25) is 0 Å². The fraction of sp³-hybridized carbons (Fsp3) is 0.345. The van der Waals surface area contributed by atoms with Crippen molar-refractivity contribution in [3.63, 3.8) is 0 Å². The van der Waals surface area contributed by atoms with Crippen LogP contribution in [0.4, 0.5) is 17.1 Å². The average Bonchev–Trinajstić information content (AvgIpc) is 3.35. The standard InChI is InChI=1S/C29H30N2O.Ir/c1-27(2)21-15-23-24(16-22(21)28(3,4)29(27,5)6)31(17-30(23)7)18-12-13-26-20(14-18)19-10-8-9-11-25(19)32-26;/h8-11,13-17H,1-7H3;/q-2;/i15D,16D;. The van der Waals surface area contributed by atoms with E-state index in [2.05, 4.69) is 59.7 Å². The zero-order valence-electron chi connectivity index (χ0n) is 22.2. The maximum Gasteiger partial charge on any atom is 0.116 e. The third-order valence-corrected chi connectivity index (χ3v) is 8.77. The van der Waals surface area contributed by atoms with Gasteiger partial charge in [-0.05, 0) is 52.6 Å². The summed E-state index contributed by atoms with van der Waals surface area (Å²) < 4.78 is 24.8. The fourth-order valence-electron chi connectivity index (χ4n) is 5.52. The van der Waals surface area contributed by atoms with Crippen LogP contribution < -0.4 is 9.80 Å². The van der Waals surface area contributed by atoms with Gasteiger partial charge >= 0.3 is 0 Å². The van der Waals surface area contributed by atoms with E-state index < -0.39 is 0 Å². The van der Waals surface area contributed by atoms with Crippen LogP contribution in [0.5, 0.6) is 0 Å². The Hall–Kier alpha value is -2.29. The quantitative estimate of drug-likeness (QED) is 0.205. The normalized spacial score (nSPS) is 20.5. The van der Waals surface area contributed by atoms with Crippen molar-refractivity contribution in [1.82, 2.24) is 0 Å². The van der Waals surface area contributed by atoms with Crippen molar-refractivity contribution in [2.45, 2.75) is 52.4 Å². The smallest absolute Gasteiger partial charge is 0.116 e. The minimum Gasteiger partial charge on any atom is -0.516 e. The number of hydrogen-bond acceptors (Lipinski definition) is 3. The molecule has 3 nitrogen and oxygen atoms in total. The van der Waals surface area contributed by atoms with Gasteiger partial charge in [0.15, 0.2) is 0 Å². The molecule has 0 fully saturated rings. The Labute approximate surface area is 212 Å². The number of fused-ring (bicyclic) bond motifs is 5. The monoisotopic (exact) mass is 617 g/mol. The molecule has 0 atom stereocenters. The number of hydrogen-bond donors (Lipinski definition) is 0. The third kappa shape index (κ3) is 2.71. The van der Waals surface area contributed by atoms with Crippen molar-refractivity contribution < 1.29 is 27.3 Å². The van der Waals surface area contributed by atoms with E-state index in [4.69, 9.17) is 4.42 Å². The van der Waals surface area contributed by atoms with E-state index in [0.717, 1.165) is 50.1 Å². The first kappa shape index (κ1) is 20.1. The fourth-order valence-corrected chi connectivity index (χ4v) is 5.52. The Morgan fingerprint density at radius 1 is 0.909 bits per heavy atom. The predicted molar refractivity (Wildman–Crippen MR) is 134 cm³/mol. The van der Waals surface area contributed by atoms with Gasteiger partial charge in [-0.1, -0.05) is 65.1 Å². The van der Waals surface area contributed by atoms with Crippen LogP contribution in [-0.2, 0) is 30.9 Å². The van der Waals surface area contributed by atoms with E-state index >= 15 is 0 Å². The predicted octanol–water partition coefficient (Wildman–Crippen LogP) is 7.69. The number of rotatable bonds is 1. The molecule has 0 saturated heterocycles. The van der Waals surface area contributed by atoms with Crippen LogP contribution in [0.3, 0.4) is 0 Å². The molecule has 0 saturated carbocycles. The molecule has 173 valence electrons. The van der Waals surface area contributed by atoms with Crippen LogP contribution in [0.25, 0.3) is 21.9 Å². The number of benzene rings is 3. The Balaban J connectivity index is 0.00000253. The summed E-state index contributed by atoms with van der Waals surface area (Å²) in [6, 6.07) is 16.4. The largest absolute Gasteiger partial charge is 0.516 e. The van der Waals surface area contributed by atoms with Crippen molar-refractivity contribution in [2.75, 3.05) is 16.8 Å². The molecule has 33 heavy (non-hydrogen) atoms. The van der Waals surface area contributed by atoms with E-state index in [1.165, 1.54) is 0 Å². The Morgan fingerprint density at radius 2 is 1.55 bits per heavy atom. The van der Waals surface area contributed by atoms with E-state index in [9.17, 15) is 2.74 Å². The van der Waals surface area contributed by atoms with Gasteiger partial charge in [0.25, 0.3) is 0 Å². The second-order valence-corrected chi connectivity index (χ2v) is 10.9. The molecule has 1 radical (unpaired) electrons. The molecular formula is C29H30IrN2O-2. The van der Waals surface area contributed by atoms with Crippen molar-refractivity contribution >= 4 is 39.0 Å². The minimum absolute atomic E-state index is 0. The summed E-state index contributed by atoms with van der Waals surface area (Å²) in [7, 11) is 1.97. The number of para-hydroxylation sites is 1. The van der Waals surface area contributed by atoms with Crippen LogP contribution in [0.15, 0.2) is 52.9 Å². The summed E-state index contributed by atoms with van der Waals surface area (Å²) in [5, 5.41) is 2.08. The molecule has 1 aromatic heterocycles. The number of nitrogens with zero attached hydrogens (tertiary/aromatic N) is 2. The molecule has 2 aliphatic rings. The summed E-state index contributed by atoms with van der Waals surface area (Å²) in [6.45, 7) is 15.4. The van der Waals surface area contributed by atoms with Gasteiger partial charge in [0, 0.05) is 42.4 Å². The van der Waals surface area contributed by atoms with Crippen molar-refractivity contribution in [3.05, 3.63) is 72.3 Å². The minimum atomic E-state index is -0.255. The van der Waals surface area contributed by atoms with E-state index in [-0.39, 0.29) is 36.4 Å². The second-order valence-electron chi connectivity index (χ2n) is 10.9. The summed E-state index contributed by atoms with van der Waals surface area (Å²) in [5.41, 5.74) is 5.43. The first-order valence-electron chi connectivity index (χ1n) is 12.3. The third-order valence-electron chi connectivity index (χ3n) is 8.77. The summed E-state index contributed by atoms with van der Waals surface area (Å²) in [6.07, 6.45) is 0. The average molecular weight is 617 g/mol. The van der Waals surface area contributed by atoms with Gasteiger partial charge in [0.1, 0.15) is 5.58 Å². The molecule has 1 aliphatic carbocycles. The summed E-state index contributed by atoms with van der Waals surface area (Å²) in [5.74, 6) is 0. The Morgan fingerprint density at radius 3 is 2.24 bits per heavy atom. The molecule has 2 heterocycles. The van der Waals surface area contributed by atoms with Gasteiger partial charge in [-0.2, -0.15) is 12.7 Å². The van der Waals surface area contributed by atoms with Crippen molar-refractivity contribution in [2.24, 2.45) is 5.41 Å². The van der Waals surface area contributed by atoms with Crippen molar-refractivity contribution in [3.8, 4) is 0 Å². The van der Waals surface area contributed by atoms with Gasteiger partial charge in [-0.25, -0.2) is 0 Å². The zero-order chi connectivity index (χ0) is 24.4. The molecule has 4 heteroatoms.